The van der Waals surface area contributed by atoms with Crippen molar-refractivity contribution >= 4 is 5.91 Å². The second-order valence-corrected chi connectivity index (χ2v) is 4.84. The highest BCUT2D eigenvalue weighted by atomic mass is 16.2. The number of amides is 1. The summed E-state index contributed by atoms with van der Waals surface area (Å²) in [5.41, 5.74) is 0.409. The Kier molecular flexibility index (Phi) is 6.58. The van der Waals surface area contributed by atoms with Crippen LogP contribution >= 0.6 is 0 Å². The minimum atomic E-state index is -0.278. The van der Waals surface area contributed by atoms with E-state index in [9.17, 15) is 4.79 Å². The lowest BCUT2D eigenvalue weighted by Crippen LogP contribution is -2.44. The van der Waals surface area contributed by atoms with E-state index in [1.165, 1.54) is 6.08 Å². The molecule has 0 aliphatic heterocycles. The molecule has 0 aromatic rings. The van der Waals surface area contributed by atoms with Crippen molar-refractivity contribution in [2.45, 2.75) is 39.7 Å². The third-order valence-electron chi connectivity index (χ3n) is 3.01. The van der Waals surface area contributed by atoms with E-state index in [-0.39, 0.29) is 17.4 Å². The topological polar surface area (TPSA) is 61.4 Å². The standard InChI is InChI=1S/C13H24N2O2/c1-6-10(9-16)15-12(17)11(14-5)8-13(3,4)7-2/h6,9,11,14,16H,1,7-8H2,2-5H3,(H,15,17)/b10-9+. The smallest absolute Gasteiger partial charge is 0.241 e. The zero-order valence-corrected chi connectivity index (χ0v) is 11.2. The number of hydrogen-bond acceptors (Lipinski definition) is 3. The van der Waals surface area contributed by atoms with Gasteiger partial charge in [-0.3, -0.25) is 4.79 Å². The highest BCUT2D eigenvalue weighted by Crippen LogP contribution is 2.26. The summed E-state index contributed by atoms with van der Waals surface area (Å²) >= 11 is 0. The van der Waals surface area contributed by atoms with E-state index in [2.05, 4.69) is 38.0 Å². The Hall–Kier alpha value is -1.29. The van der Waals surface area contributed by atoms with Crippen LogP contribution in [0, 0.1) is 5.41 Å². The Morgan fingerprint density at radius 1 is 1.53 bits per heavy atom. The number of carbonyl (C=O) groups is 1. The summed E-state index contributed by atoms with van der Waals surface area (Å²) in [6, 6.07) is -0.278. The normalized spacial score (nSPS) is 14.2. The van der Waals surface area contributed by atoms with E-state index in [0.717, 1.165) is 19.1 Å². The predicted octanol–water partition coefficient (Wildman–Crippen LogP) is 2.10. The van der Waals surface area contributed by atoms with E-state index in [4.69, 9.17) is 5.11 Å². The first-order valence-corrected chi connectivity index (χ1v) is 5.85. The molecular formula is C13H24N2O2. The van der Waals surface area contributed by atoms with Crippen LogP contribution < -0.4 is 10.6 Å². The molecule has 0 rings (SSSR count). The van der Waals surface area contributed by atoms with Crippen LogP contribution in [0.5, 0.6) is 0 Å². The number of nitrogens with one attached hydrogen (secondary N) is 2. The van der Waals surface area contributed by atoms with Gasteiger partial charge < -0.3 is 15.7 Å². The fourth-order valence-corrected chi connectivity index (χ4v) is 1.39. The maximum absolute atomic E-state index is 11.9. The number of allylic oxidation sites excluding steroid dienone is 1. The second kappa shape index (κ2) is 7.12. The maximum Gasteiger partial charge on any atom is 0.241 e. The van der Waals surface area contributed by atoms with Gasteiger partial charge in [-0.1, -0.05) is 33.8 Å². The largest absolute Gasteiger partial charge is 0.513 e. The summed E-state index contributed by atoms with van der Waals surface area (Å²) in [4.78, 5) is 11.9. The molecule has 0 aromatic heterocycles. The van der Waals surface area contributed by atoms with Gasteiger partial charge in [-0.2, -0.15) is 0 Å². The summed E-state index contributed by atoms with van der Waals surface area (Å²) in [5, 5.41) is 14.4. The van der Waals surface area contributed by atoms with Gasteiger partial charge in [0, 0.05) is 0 Å². The first kappa shape index (κ1) is 15.7. The van der Waals surface area contributed by atoms with E-state index in [1.807, 2.05) is 0 Å². The van der Waals surface area contributed by atoms with E-state index in [0.29, 0.717) is 5.70 Å². The lowest BCUT2D eigenvalue weighted by molar-refractivity contribution is -0.123. The molecule has 0 spiro atoms. The van der Waals surface area contributed by atoms with Crippen molar-refractivity contribution in [2.75, 3.05) is 7.05 Å². The molecule has 0 saturated carbocycles. The molecular weight excluding hydrogens is 216 g/mol. The number of aliphatic hydroxyl groups is 1. The molecule has 17 heavy (non-hydrogen) atoms. The maximum atomic E-state index is 11.9. The molecule has 0 aromatic carbocycles. The molecule has 1 unspecified atom stereocenters. The Balaban J connectivity index is 4.57. The third kappa shape index (κ3) is 5.54. The van der Waals surface area contributed by atoms with Crippen LogP contribution in [-0.4, -0.2) is 24.1 Å². The number of likely N-dealkylation sites (N-methyl/N-ethyl adjacent to an activating group) is 1. The van der Waals surface area contributed by atoms with E-state index >= 15 is 0 Å². The SMILES string of the molecule is C=C/C(=C\O)NC(=O)C(CC(C)(C)CC)NC. The number of hydrogen-bond donors (Lipinski definition) is 3. The zero-order valence-electron chi connectivity index (χ0n) is 11.2. The molecule has 0 aliphatic rings. The Labute approximate surface area is 104 Å². The van der Waals surface area contributed by atoms with Gasteiger partial charge in [-0.05, 0) is 25.0 Å². The average molecular weight is 240 g/mol. The number of rotatable bonds is 7. The van der Waals surface area contributed by atoms with Crippen molar-refractivity contribution in [1.82, 2.24) is 10.6 Å². The monoisotopic (exact) mass is 240 g/mol. The van der Waals surface area contributed by atoms with Gasteiger partial charge >= 0.3 is 0 Å². The van der Waals surface area contributed by atoms with Crippen molar-refractivity contribution in [3.63, 3.8) is 0 Å². The summed E-state index contributed by atoms with van der Waals surface area (Å²) in [6.45, 7) is 9.85. The van der Waals surface area contributed by atoms with Crippen LogP contribution in [0.3, 0.4) is 0 Å². The first-order valence-electron chi connectivity index (χ1n) is 5.85. The molecule has 1 amide bonds. The van der Waals surface area contributed by atoms with Crippen LogP contribution in [0.2, 0.25) is 0 Å². The highest BCUT2D eigenvalue weighted by molar-refractivity contribution is 5.83. The van der Waals surface area contributed by atoms with Crippen molar-refractivity contribution in [1.29, 1.82) is 0 Å². The third-order valence-corrected chi connectivity index (χ3v) is 3.01. The molecule has 0 radical (unpaired) electrons. The minimum Gasteiger partial charge on any atom is -0.513 e. The zero-order chi connectivity index (χ0) is 13.5. The molecule has 1 atom stereocenters. The summed E-state index contributed by atoms with van der Waals surface area (Å²) in [5.74, 6) is -0.158. The molecule has 0 heterocycles. The number of aliphatic hydroxyl groups excluding tert-OH is 1. The van der Waals surface area contributed by atoms with Crippen LogP contribution in [0.15, 0.2) is 24.6 Å². The Morgan fingerprint density at radius 2 is 2.12 bits per heavy atom. The molecule has 4 nitrogen and oxygen atoms in total. The van der Waals surface area contributed by atoms with Gasteiger partial charge in [0.15, 0.2) is 0 Å². The minimum absolute atomic E-state index is 0.0995. The van der Waals surface area contributed by atoms with Crippen molar-refractivity contribution < 1.29 is 9.90 Å². The molecule has 0 bridgehead atoms. The van der Waals surface area contributed by atoms with Gasteiger partial charge in [0.1, 0.15) is 6.26 Å². The Morgan fingerprint density at radius 3 is 2.47 bits per heavy atom. The Bertz CT molecular complexity index is 296. The summed E-state index contributed by atoms with van der Waals surface area (Å²) in [7, 11) is 1.76. The van der Waals surface area contributed by atoms with Gasteiger partial charge in [0.05, 0.1) is 11.7 Å². The lowest BCUT2D eigenvalue weighted by Gasteiger charge is -2.27. The van der Waals surface area contributed by atoms with Gasteiger partial charge in [0.2, 0.25) is 5.91 Å². The lowest BCUT2D eigenvalue weighted by atomic mass is 9.83. The van der Waals surface area contributed by atoms with Gasteiger partial charge in [-0.15, -0.1) is 0 Å². The van der Waals surface area contributed by atoms with Crippen molar-refractivity contribution in [3.8, 4) is 0 Å². The average Bonchev–Trinajstić information content (AvgIpc) is 2.32. The highest BCUT2D eigenvalue weighted by Gasteiger charge is 2.25. The van der Waals surface area contributed by atoms with Crippen LogP contribution in [0.1, 0.15) is 33.6 Å². The van der Waals surface area contributed by atoms with E-state index < -0.39 is 0 Å². The molecule has 3 N–H and O–H groups in total. The molecule has 0 aliphatic carbocycles. The van der Waals surface area contributed by atoms with Crippen LogP contribution in [0.25, 0.3) is 0 Å². The second-order valence-electron chi connectivity index (χ2n) is 4.84. The molecule has 4 heteroatoms. The summed E-state index contributed by atoms with van der Waals surface area (Å²) < 4.78 is 0. The fourth-order valence-electron chi connectivity index (χ4n) is 1.39. The molecule has 98 valence electrons. The van der Waals surface area contributed by atoms with E-state index in [1.54, 1.807) is 7.05 Å². The van der Waals surface area contributed by atoms with Crippen LogP contribution in [-0.2, 0) is 4.79 Å². The fraction of sp³-hybridized carbons (Fsp3) is 0.615. The summed E-state index contributed by atoms with van der Waals surface area (Å²) in [6.07, 6.45) is 3.97. The first-order chi connectivity index (χ1) is 7.90. The van der Waals surface area contributed by atoms with Crippen molar-refractivity contribution in [2.24, 2.45) is 5.41 Å². The number of carbonyl (C=O) groups excluding carboxylic acids is 1. The quantitative estimate of drug-likeness (QED) is 0.472. The molecule has 0 fully saturated rings. The predicted molar refractivity (Wildman–Crippen MR) is 70.6 cm³/mol. The van der Waals surface area contributed by atoms with Crippen LogP contribution in [0.4, 0.5) is 0 Å². The van der Waals surface area contributed by atoms with Gasteiger partial charge in [0.25, 0.3) is 0 Å². The molecule has 0 saturated heterocycles. The van der Waals surface area contributed by atoms with Crippen molar-refractivity contribution in [3.05, 3.63) is 24.6 Å². The van der Waals surface area contributed by atoms with Gasteiger partial charge in [-0.25, -0.2) is 0 Å².